The number of amides is 2. The molecule has 64 heavy (non-hydrogen) atoms. The van der Waals surface area contributed by atoms with Crippen LogP contribution in [0.15, 0.2) is 55.8 Å². The first-order valence-electron chi connectivity index (χ1n) is 21.0. The average molecular weight is 887 g/mol. The molecular formula is C46H54N4O14. The lowest BCUT2D eigenvalue weighted by atomic mass is 9.72. The second kappa shape index (κ2) is 21.2. The maximum atomic E-state index is 13.6. The zero-order chi connectivity index (χ0) is 46.1. The quantitative estimate of drug-likeness (QED) is 0.0467. The van der Waals surface area contributed by atoms with E-state index in [1.165, 1.54) is 12.1 Å². The SMILES string of the molecule is C=Cc1cccnc1C(=C)NCC(=O)NCCOCCOCCOCCC(=O)NC1CC(OC2CC(O)(C(C)=O)Cc3c(O)c4c(c(O)c32)C(=O)c2ccccc2C4=O)OC(C)C1O. The third kappa shape index (κ3) is 10.7. The number of phenols is 2. The number of Topliss-reactive ketones (excluding diaryl/α,β-unsaturated/α-hetero) is 1. The maximum Gasteiger partial charge on any atom is 0.239 e. The van der Waals surface area contributed by atoms with Crippen LogP contribution in [0.4, 0.5) is 0 Å². The Morgan fingerprint density at radius 2 is 1.56 bits per heavy atom. The summed E-state index contributed by atoms with van der Waals surface area (Å²) in [5.74, 6) is -4.02. The van der Waals surface area contributed by atoms with E-state index >= 15 is 0 Å². The van der Waals surface area contributed by atoms with Gasteiger partial charge in [0.15, 0.2) is 23.6 Å². The Hall–Kier alpha value is -5.86. The van der Waals surface area contributed by atoms with Crippen LogP contribution in [-0.2, 0) is 44.5 Å². The third-order valence-corrected chi connectivity index (χ3v) is 11.4. The standard InChI is InChI=1S/C46H54N4O14/c1-5-28-9-8-13-48-40(28)25(2)49-24-35(53)47-14-16-61-18-20-62-19-17-60-15-12-34(52)50-32-21-36(63-26(3)41(32)54)64-33-23-46(59,27(4)51)22-31-37(33)45(58)39-38(44(31)57)42(55)29-10-6-7-11-30(29)43(39)56/h5-11,13,26,32-33,36,41,49,54,57-59H,1-2,12,14-24H2,3-4H3,(H,47,53)(H,50,52). The number of hydrogen-bond donors (Lipinski definition) is 7. The minimum absolute atomic E-state index is 0.0194. The smallest absolute Gasteiger partial charge is 0.239 e. The summed E-state index contributed by atoms with van der Waals surface area (Å²) in [5.41, 5.74) is -1.16. The van der Waals surface area contributed by atoms with Crippen molar-refractivity contribution in [2.45, 2.75) is 75.8 Å². The molecule has 0 spiro atoms. The second-order valence-electron chi connectivity index (χ2n) is 15.7. The molecule has 1 fully saturated rings. The van der Waals surface area contributed by atoms with Crippen molar-refractivity contribution >= 4 is 40.9 Å². The number of carbonyl (C=O) groups excluding carboxylic acids is 5. The van der Waals surface area contributed by atoms with Crippen molar-refractivity contribution < 1.29 is 68.1 Å². The van der Waals surface area contributed by atoms with Crippen LogP contribution in [0, 0.1) is 0 Å². The number of aliphatic hydroxyl groups is 2. The molecule has 3 aromatic rings. The maximum absolute atomic E-state index is 13.6. The van der Waals surface area contributed by atoms with E-state index in [1.807, 2.05) is 6.07 Å². The monoisotopic (exact) mass is 886 g/mol. The van der Waals surface area contributed by atoms with E-state index in [0.29, 0.717) is 24.5 Å². The molecule has 2 heterocycles. The number of hydrogen-bond acceptors (Lipinski definition) is 16. The predicted molar refractivity (Wildman–Crippen MR) is 229 cm³/mol. The summed E-state index contributed by atoms with van der Waals surface area (Å²) < 4.78 is 28.7. The molecule has 2 amide bonds. The number of nitrogens with zero attached hydrogens (tertiary/aromatic N) is 1. The van der Waals surface area contributed by atoms with Crippen LogP contribution in [-0.4, -0.2) is 137 Å². The fourth-order valence-corrected chi connectivity index (χ4v) is 7.95. The fraction of sp³-hybridized carbons (Fsp3) is 0.435. The van der Waals surface area contributed by atoms with Crippen molar-refractivity contribution in [2.24, 2.45) is 0 Å². The molecule has 1 aromatic heterocycles. The first kappa shape index (κ1) is 47.6. The molecule has 3 aliphatic rings. The fourth-order valence-electron chi connectivity index (χ4n) is 7.95. The highest BCUT2D eigenvalue weighted by atomic mass is 16.7. The summed E-state index contributed by atoms with van der Waals surface area (Å²) in [6.07, 6.45) is -2.23. The third-order valence-electron chi connectivity index (χ3n) is 11.4. The Morgan fingerprint density at radius 3 is 2.22 bits per heavy atom. The van der Waals surface area contributed by atoms with Crippen LogP contribution in [0.25, 0.3) is 11.8 Å². The molecule has 2 aromatic carbocycles. The van der Waals surface area contributed by atoms with E-state index < -0.39 is 95.0 Å². The van der Waals surface area contributed by atoms with Gasteiger partial charge in [0.1, 0.15) is 23.2 Å². The van der Waals surface area contributed by atoms with Crippen LogP contribution in [0.3, 0.4) is 0 Å². The summed E-state index contributed by atoms with van der Waals surface area (Å²) in [7, 11) is 0. The van der Waals surface area contributed by atoms with Gasteiger partial charge in [-0.15, -0.1) is 0 Å². The van der Waals surface area contributed by atoms with Gasteiger partial charge in [-0.05, 0) is 19.9 Å². The highest BCUT2D eigenvalue weighted by Crippen LogP contribution is 2.52. The number of aromatic hydroxyl groups is 2. The van der Waals surface area contributed by atoms with Crippen LogP contribution >= 0.6 is 0 Å². The average Bonchev–Trinajstić information content (AvgIpc) is 3.27. The van der Waals surface area contributed by atoms with Crippen molar-refractivity contribution in [2.75, 3.05) is 52.7 Å². The zero-order valence-electron chi connectivity index (χ0n) is 35.7. The molecule has 6 unspecified atom stereocenters. The van der Waals surface area contributed by atoms with Gasteiger partial charge in [0.25, 0.3) is 0 Å². The molecule has 18 nitrogen and oxygen atoms in total. The van der Waals surface area contributed by atoms with Crippen LogP contribution in [0.1, 0.15) is 93.4 Å². The van der Waals surface area contributed by atoms with Crippen molar-refractivity contribution in [3.05, 3.63) is 100 Å². The van der Waals surface area contributed by atoms with Crippen molar-refractivity contribution in [3.63, 3.8) is 0 Å². The Labute approximate surface area is 369 Å². The van der Waals surface area contributed by atoms with Gasteiger partial charge in [-0.25, -0.2) is 0 Å². The van der Waals surface area contributed by atoms with Gasteiger partial charge in [-0.3, -0.25) is 29.0 Å². The lowest BCUT2D eigenvalue weighted by Gasteiger charge is -2.42. The number of fused-ring (bicyclic) bond motifs is 3. The van der Waals surface area contributed by atoms with Gasteiger partial charge in [-0.1, -0.05) is 49.6 Å². The normalized spacial score (nSPS) is 22.4. The number of ether oxygens (including phenoxy) is 5. The molecule has 1 aliphatic heterocycles. The van der Waals surface area contributed by atoms with E-state index in [1.54, 1.807) is 37.4 Å². The first-order chi connectivity index (χ1) is 30.6. The molecule has 2 aliphatic carbocycles. The number of pyridine rings is 1. The minimum atomic E-state index is -2.09. The van der Waals surface area contributed by atoms with Crippen molar-refractivity contribution in [3.8, 4) is 11.5 Å². The number of aliphatic hydroxyl groups excluding tert-OH is 1. The highest BCUT2D eigenvalue weighted by molar-refractivity contribution is 6.30. The molecule has 18 heteroatoms. The largest absolute Gasteiger partial charge is 0.507 e. The zero-order valence-corrected chi connectivity index (χ0v) is 35.7. The second-order valence-corrected chi connectivity index (χ2v) is 15.7. The molecular weight excluding hydrogens is 833 g/mol. The van der Waals surface area contributed by atoms with Gasteiger partial charge >= 0.3 is 0 Å². The molecule has 0 bridgehead atoms. The summed E-state index contributed by atoms with van der Waals surface area (Å²) in [6, 6.07) is 8.76. The predicted octanol–water partition coefficient (Wildman–Crippen LogP) is 2.03. The van der Waals surface area contributed by atoms with Crippen LogP contribution < -0.4 is 16.0 Å². The van der Waals surface area contributed by atoms with Crippen LogP contribution in [0.2, 0.25) is 0 Å². The Balaban J connectivity index is 0.921. The van der Waals surface area contributed by atoms with Crippen molar-refractivity contribution in [1.82, 2.24) is 20.9 Å². The molecule has 0 radical (unpaired) electrons. The number of carbonyl (C=O) groups is 5. The lowest BCUT2D eigenvalue weighted by molar-refractivity contribution is -0.249. The molecule has 6 atom stereocenters. The highest BCUT2D eigenvalue weighted by Gasteiger charge is 2.49. The van der Waals surface area contributed by atoms with Gasteiger partial charge < -0.3 is 60.1 Å². The number of phenolic OH excluding ortho intramolecular Hbond substituents is 2. The Bertz CT molecular complexity index is 2280. The number of benzene rings is 2. The van der Waals surface area contributed by atoms with Gasteiger partial charge in [0, 0.05) is 66.2 Å². The number of rotatable bonds is 21. The molecule has 342 valence electrons. The first-order valence-corrected chi connectivity index (χ1v) is 21.0. The minimum Gasteiger partial charge on any atom is -0.507 e. The van der Waals surface area contributed by atoms with E-state index in [-0.39, 0.29) is 80.6 Å². The van der Waals surface area contributed by atoms with E-state index in [0.717, 1.165) is 12.5 Å². The topological polar surface area (TPSA) is 261 Å². The molecule has 6 rings (SSSR count). The summed E-state index contributed by atoms with van der Waals surface area (Å²) >= 11 is 0. The summed E-state index contributed by atoms with van der Waals surface area (Å²) in [6.45, 7) is 12.1. The molecule has 1 saturated heterocycles. The summed E-state index contributed by atoms with van der Waals surface area (Å²) in [5, 5.41) is 54.1. The van der Waals surface area contributed by atoms with E-state index in [4.69, 9.17) is 23.7 Å². The Kier molecular flexibility index (Phi) is 15.8. The van der Waals surface area contributed by atoms with Gasteiger partial charge in [-0.2, -0.15) is 0 Å². The molecule has 7 N–H and O–H groups in total. The van der Waals surface area contributed by atoms with Crippen molar-refractivity contribution in [1.29, 1.82) is 0 Å². The Morgan fingerprint density at radius 1 is 0.922 bits per heavy atom. The van der Waals surface area contributed by atoms with E-state index in [2.05, 4.69) is 34.1 Å². The number of aromatic nitrogens is 1. The number of ketones is 3. The van der Waals surface area contributed by atoms with Gasteiger partial charge in [0.05, 0.1) is 87.0 Å². The van der Waals surface area contributed by atoms with Crippen LogP contribution in [0.5, 0.6) is 11.5 Å². The molecule has 0 saturated carbocycles. The number of nitrogens with one attached hydrogen (secondary N) is 3. The van der Waals surface area contributed by atoms with Gasteiger partial charge in [0.2, 0.25) is 11.8 Å². The lowest BCUT2D eigenvalue weighted by Crippen LogP contribution is -2.55. The van der Waals surface area contributed by atoms with E-state index in [9.17, 15) is 44.4 Å². The summed E-state index contributed by atoms with van der Waals surface area (Å²) in [4.78, 5) is 69.4.